The summed E-state index contributed by atoms with van der Waals surface area (Å²) in [7, 11) is 0. The molecule has 1 aliphatic heterocycles. The minimum absolute atomic E-state index is 0.414. The zero-order valence-electron chi connectivity index (χ0n) is 11.8. The fraction of sp³-hybridized carbons (Fsp3) is 0.111. The molecule has 0 amide bonds. The summed E-state index contributed by atoms with van der Waals surface area (Å²) in [5, 5.41) is 10.2. The minimum atomic E-state index is -0.750. The second kappa shape index (κ2) is 5.25. The normalized spacial score (nSPS) is 19.1. The van der Waals surface area contributed by atoms with Crippen LogP contribution in [0.2, 0.25) is 0 Å². The molecule has 0 aliphatic carbocycles. The molecule has 2 heterocycles. The molecule has 0 N–H and O–H groups in total. The van der Waals surface area contributed by atoms with Crippen molar-refractivity contribution < 1.29 is 9.15 Å². The molecule has 0 saturated carbocycles. The largest absolute Gasteiger partial charge is 0.473 e. The molecule has 0 fully saturated rings. The van der Waals surface area contributed by atoms with Crippen LogP contribution in [0, 0.1) is 11.3 Å². The van der Waals surface area contributed by atoms with E-state index in [1.807, 2.05) is 36.4 Å². The van der Waals surface area contributed by atoms with Crippen LogP contribution in [0.3, 0.4) is 0 Å². The molecule has 23 heavy (non-hydrogen) atoms. The standard InChI is InChI=1S/C18H10BrNO3/c19-11-7-5-10(6-8-11)15-14(9-20)22-17-12-3-1-2-4-13(12)23-18(21)16(15)17/h1-8,14-15H/t14-,15-/m1/s1. The first-order valence-corrected chi connectivity index (χ1v) is 7.86. The summed E-state index contributed by atoms with van der Waals surface area (Å²) >= 11 is 3.39. The van der Waals surface area contributed by atoms with Gasteiger partial charge >= 0.3 is 5.63 Å². The van der Waals surface area contributed by atoms with Crippen LogP contribution in [0.1, 0.15) is 17.0 Å². The van der Waals surface area contributed by atoms with Gasteiger partial charge in [-0.3, -0.25) is 0 Å². The Morgan fingerprint density at radius 3 is 2.57 bits per heavy atom. The number of ether oxygens (including phenoxy) is 1. The van der Waals surface area contributed by atoms with Gasteiger partial charge in [-0.1, -0.05) is 40.2 Å². The van der Waals surface area contributed by atoms with E-state index < -0.39 is 17.6 Å². The molecular weight excluding hydrogens is 358 g/mol. The van der Waals surface area contributed by atoms with Gasteiger partial charge in [0.2, 0.25) is 0 Å². The van der Waals surface area contributed by atoms with Gasteiger partial charge in [-0.2, -0.15) is 5.26 Å². The number of hydrogen-bond acceptors (Lipinski definition) is 4. The highest BCUT2D eigenvalue weighted by Crippen LogP contribution is 2.44. The number of benzene rings is 2. The summed E-state index contributed by atoms with van der Waals surface area (Å²) < 4.78 is 12.2. The van der Waals surface area contributed by atoms with Crippen molar-refractivity contribution in [2.75, 3.05) is 0 Å². The van der Waals surface area contributed by atoms with Gasteiger partial charge < -0.3 is 9.15 Å². The van der Waals surface area contributed by atoms with E-state index in [0.717, 1.165) is 10.0 Å². The monoisotopic (exact) mass is 367 g/mol. The highest BCUT2D eigenvalue weighted by molar-refractivity contribution is 9.10. The number of fused-ring (bicyclic) bond motifs is 3. The molecule has 0 saturated heterocycles. The van der Waals surface area contributed by atoms with Crippen molar-refractivity contribution in [3.05, 3.63) is 74.6 Å². The van der Waals surface area contributed by atoms with Crippen molar-refractivity contribution in [2.45, 2.75) is 12.0 Å². The first-order chi connectivity index (χ1) is 11.2. The zero-order chi connectivity index (χ0) is 16.0. The van der Waals surface area contributed by atoms with E-state index in [1.54, 1.807) is 12.1 Å². The molecule has 4 nitrogen and oxygen atoms in total. The van der Waals surface area contributed by atoms with E-state index in [2.05, 4.69) is 22.0 Å². The Morgan fingerprint density at radius 2 is 1.83 bits per heavy atom. The second-order valence-corrected chi connectivity index (χ2v) is 6.24. The van der Waals surface area contributed by atoms with Crippen LogP contribution in [0.5, 0.6) is 5.75 Å². The Balaban J connectivity index is 2.00. The first kappa shape index (κ1) is 14.0. The van der Waals surface area contributed by atoms with E-state index in [0.29, 0.717) is 22.3 Å². The maximum Gasteiger partial charge on any atom is 0.344 e. The van der Waals surface area contributed by atoms with E-state index in [-0.39, 0.29) is 0 Å². The highest BCUT2D eigenvalue weighted by Gasteiger charge is 2.40. The van der Waals surface area contributed by atoms with Gasteiger partial charge in [0.25, 0.3) is 0 Å². The molecule has 1 aromatic heterocycles. The lowest BCUT2D eigenvalue weighted by Gasteiger charge is -2.12. The predicted molar refractivity (Wildman–Crippen MR) is 88.5 cm³/mol. The molecule has 2 aromatic carbocycles. The lowest BCUT2D eigenvalue weighted by atomic mass is 9.89. The summed E-state index contributed by atoms with van der Waals surface area (Å²) in [6.07, 6.45) is -0.750. The highest BCUT2D eigenvalue weighted by atomic mass is 79.9. The summed E-state index contributed by atoms with van der Waals surface area (Å²) in [4.78, 5) is 12.5. The van der Waals surface area contributed by atoms with Crippen molar-refractivity contribution >= 4 is 26.9 Å². The number of rotatable bonds is 1. The Labute approximate surface area is 140 Å². The Kier molecular flexibility index (Phi) is 3.21. The number of hydrogen-bond donors (Lipinski definition) is 0. The van der Waals surface area contributed by atoms with Crippen molar-refractivity contribution in [1.82, 2.24) is 0 Å². The molecule has 4 rings (SSSR count). The van der Waals surface area contributed by atoms with Gasteiger partial charge in [0.1, 0.15) is 17.4 Å². The summed E-state index contributed by atoms with van der Waals surface area (Å²) in [5.74, 6) is 0.000255. The van der Waals surface area contributed by atoms with Gasteiger partial charge in [0, 0.05) is 4.47 Å². The Morgan fingerprint density at radius 1 is 1.09 bits per heavy atom. The molecule has 0 spiro atoms. The van der Waals surface area contributed by atoms with Gasteiger partial charge in [-0.05, 0) is 29.8 Å². The van der Waals surface area contributed by atoms with Gasteiger partial charge in [0.05, 0.1) is 16.9 Å². The smallest absolute Gasteiger partial charge is 0.344 e. The molecule has 3 aromatic rings. The van der Waals surface area contributed by atoms with E-state index >= 15 is 0 Å². The van der Waals surface area contributed by atoms with E-state index in [4.69, 9.17) is 9.15 Å². The number of nitriles is 1. The molecule has 2 atom stereocenters. The lowest BCUT2D eigenvalue weighted by molar-refractivity contribution is 0.277. The van der Waals surface area contributed by atoms with Crippen LogP contribution in [-0.4, -0.2) is 6.10 Å². The number of nitrogens with zero attached hydrogens (tertiary/aromatic N) is 1. The molecule has 0 unspecified atom stereocenters. The quantitative estimate of drug-likeness (QED) is 0.610. The maximum absolute atomic E-state index is 12.5. The van der Waals surface area contributed by atoms with Crippen LogP contribution in [0.25, 0.3) is 11.0 Å². The third kappa shape index (κ3) is 2.14. The molecular formula is C18H10BrNO3. The van der Waals surface area contributed by atoms with Crippen molar-refractivity contribution in [2.24, 2.45) is 0 Å². The first-order valence-electron chi connectivity index (χ1n) is 7.06. The molecule has 1 aliphatic rings. The summed E-state index contributed by atoms with van der Waals surface area (Å²) in [6.45, 7) is 0. The minimum Gasteiger partial charge on any atom is -0.473 e. The van der Waals surface area contributed by atoms with Gasteiger partial charge in [-0.25, -0.2) is 4.79 Å². The van der Waals surface area contributed by atoms with Crippen LogP contribution in [0.4, 0.5) is 0 Å². The van der Waals surface area contributed by atoms with Crippen LogP contribution in [0.15, 0.2) is 62.2 Å². The lowest BCUT2D eigenvalue weighted by Crippen LogP contribution is -2.20. The van der Waals surface area contributed by atoms with Crippen LogP contribution >= 0.6 is 15.9 Å². The molecule has 112 valence electrons. The zero-order valence-corrected chi connectivity index (χ0v) is 13.4. The fourth-order valence-corrected chi connectivity index (χ4v) is 3.25. The average Bonchev–Trinajstić information content (AvgIpc) is 2.96. The third-order valence-corrected chi connectivity index (χ3v) is 4.54. The fourth-order valence-electron chi connectivity index (χ4n) is 2.99. The molecule has 0 radical (unpaired) electrons. The van der Waals surface area contributed by atoms with Gasteiger partial charge in [0.15, 0.2) is 6.10 Å². The average molecular weight is 368 g/mol. The molecule has 5 heteroatoms. The van der Waals surface area contributed by atoms with E-state index in [9.17, 15) is 10.1 Å². The van der Waals surface area contributed by atoms with Gasteiger partial charge in [-0.15, -0.1) is 0 Å². The Hall–Kier alpha value is -2.58. The predicted octanol–water partition coefficient (Wildman–Crippen LogP) is 3.97. The van der Waals surface area contributed by atoms with Crippen LogP contribution < -0.4 is 10.4 Å². The second-order valence-electron chi connectivity index (χ2n) is 5.33. The van der Waals surface area contributed by atoms with Crippen molar-refractivity contribution in [3.8, 4) is 11.8 Å². The van der Waals surface area contributed by atoms with Crippen LogP contribution in [-0.2, 0) is 0 Å². The number of para-hydroxylation sites is 1. The molecule has 0 bridgehead atoms. The summed E-state index contributed by atoms with van der Waals surface area (Å²) in [6, 6.07) is 16.9. The van der Waals surface area contributed by atoms with Crippen molar-refractivity contribution in [3.63, 3.8) is 0 Å². The summed E-state index contributed by atoms with van der Waals surface area (Å²) in [5.41, 5.74) is 1.27. The van der Waals surface area contributed by atoms with E-state index in [1.165, 1.54) is 0 Å². The third-order valence-electron chi connectivity index (χ3n) is 4.01. The van der Waals surface area contributed by atoms with Crippen molar-refractivity contribution in [1.29, 1.82) is 5.26 Å². The number of halogens is 1. The maximum atomic E-state index is 12.5. The topological polar surface area (TPSA) is 63.2 Å². The Bertz CT molecular complexity index is 1000. The SMILES string of the molecule is N#C[C@H]1Oc2c(c(=O)oc3ccccc23)[C@@H]1c1ccc(Br)cc1.